The van der Waals surface area contributed by atoms with Gasteiger partial charge in [0.15, 0.2) is 11.3 Å². The van der Waals surface area contributed by atoms with Gasteiger partial charge in [-0.15, -0.1) is 0 Å². The van der Waals surface area contributed by atoms with E-state index >= 15 is 0 Å². The van der Waals surface area contributed by atoms with Crippen molar-refractivity contribution in [1.29, 1.82) is 0 Å². The van der Waals surface area contributed by atoms with Gasteiger partial charge in [0.1, 0.15) is 0 Å². The van der Waals surface area contributed by atoms with E-state index < -0.39 is 0 Å². The van der Waals surface area contributed by atoms with Crippen molar-refractivity contribution in [3.63, 3.8) is 0 Å². The van der Waals surface area contributed by atoms with Gasteiger partial charge in [-0.05, 0) is 70.5 Å². The van der Waals surface area contributed by atoms with Crippen LogP contribution in [0.1, 0.15) is 25.3 Å². The number of hydrogen-bond donors (Lipinski definition) is 0. The molecule has 0 saturated carbocycles. The number of rotatable bonds is 2. The molecule has 0 radical (unpaired) electrons. The second-order valence-corrected chi connectivity index (χ2v) is 6.42. The Labute approximate surface area is 137 Å². The van der Waals surface area contributed by atoms with Crippen LogP contribution in [0.3, 0.4) is 0 Å². The average Bonchev–Trinajstić information content (AvgIpc) is 2.90. The summed E-state index contributed by atoms with van der Waals surface area (Å²) in [5.41, 5.74) is 4.12. The van der Waals surface area contributed by atoms with Gasteiger partial charge < -0.3 is 4.42 Å². The number of nitrogens with zero attached hydrogens (tertiary/aromatic N) is 2. The first-order chi connectivity index (χ1) is 10.1. The van der Waals surface area contributed by atoms with Gasteiger partial charge in [0.25, 0.3) is 0 Å². The summed E-state index contributed by atoms with van der Waals surface area (Å²) in [6, 6.07) is 11.7. The van der Waals surface area contributed by atoms with Crippen LogP contribution in [0.25, 0.3) is 27.4 Å². The molecular formula is C17H13IN2O. The van der Waals surface area contributed by atoms with Crippen molar-refractivity contribution in [2.45, 2.75) is 19.8 Å². The van der Waals surface area contributed by atoms with E-state index in [1.807, 2.05) is 30.3 Å². The van der Waals surface area contributed by atoms with E-state index in [1.165, 1.54) is 3.57 Å². The van der Waals surface area contributed by atoms with E-state index in [2.05, 4.69) is 46.3 Å². The van der Waals surface area contributed by atoms with E-state index in [4.69, 9.17) is 11.0 Å². The van der Waals surface area contributed by atoms with Crippen LogP contribution >= 0.6 is 22.6 Å². The maximum atomic E-state index is 7.22. The predicted molar refractivity (Wildman–Crippen MR) is 92.5 cm³/mol. The van der Waals surface area contributed by atoms with Crippen LogP contribution in [-0.2, 0) is 0 Å². The smallest absolute Gasteiger partial charge is 0.227 e. The largest absolute Gasteiger partial charge is 0.436 e. The molecule has 0 N–H and O–H groups in total. The summed E-state index contributed by atoms with van der Waals surface area (Å²) in [7, 11) is 0. The molecule has 1 aromatic heterocycles. The van der Waals surface area contributed by atoms with Crippen LogP contribution < -0.4 is 0 Å². The lowest BCUT2D eigenvalue weighted by Crippen LogP contribution is -1.87. The van der Waals surface area contributed by atoms with Gasteiger partial charge in [-0.25, -0.2) is 9.83 Å². The molecule has 0 aliphatic heterocycles. The normalized spacial score (nSPS) is 11.0. The molecule has 0 fully saturated rings. The quantitative estimate of drug-likeness (QED) is 0.412. The lowest BCUT2D eigenvalue weighted by atomic mass is 10.0. The Bertz CT molecular complexity index is 842. The van der Waals surface area contributed by atoms with Gasteiger partial charge in [-0.2, -0.15) is 0 Å². The third kappa shape index (κ3) is 2.66. The monoisotopic (exact) mass is 388 g/mol. The highest BCUT2D eigenvalue weighted by molar-refractivity contribution is 14.1. The zero-order valence-electron chi connectivity index (χ0n) is 11.7. The van der Waals surface area contributed by atoms with Gasteiger partial charge in [0.2, 0.25) is 5.89 Å². The van der Waals surface area contributed by atoms with E-state index in [0.717, 1.165) is 22.2 Å². The highest BCUT2D eigenvalue weighted by atomic mass is 127. The second kappa shape index (κ2) is 5.49. The second-order valence-electron chi connectivity index (χ2n) is 5.18. The molecule has 0 spiro atoms. The summed E-state index contributed by atoms with van der Waals surface area (Å²) in [6.45, 7) is 11.4. The molecule has 0 unspecified atom stereocenters. The summed E-state index contributed by atoms with van der Waals surface area (Å²) >= 11 is 2.27. The lowest BCUT2D eigenvalue weighted by Gasteiger charge is -2.05. The van der Waals surface area contributed by atoms with Crippen molar-refractivity contribution in [3.8, 4) is 11.5 Å². The van der Waals surface area contributed by atoms with Crippen molar-refractivity contribution in [3.05, 3.63) is 56.9 Å². The highest BCUT2D eigenvalue weighted by Gasteiger charge is 2.15. The van der Waals surface area contributed by atoms with Crippen LogP contribution in [0.4, 0.5) is 5.69 Å². The SMILES string of the molecule is [C-]#[N+]c1cc(C(C)C)c2oc(-c3ccc(I)cc3)nc2c1. The Hall–Kier alpha value is -1.87. The van der Waals surface area contributed by atoms with Gasteiger partial charge >= 0.3 is 0 Å². The molecule has 0 bridgehead atoms. The van der Waals surface area contributed by atoms with E-state index in [0.29, 0.717) is 11.6 Å². The van der Waals surface area contributed by atoms with Crippen molar-refractivity contribution < 1.29 is 4.42 Å². The Morgan fingerprint density at radius 3 is 2.52 bits per heavy atom. The van der Waals surface area contributed by atoms with Crippen molar-refractivity contribution in [2.75, 3.05) is 0 Å². The Balaban J connectivity index is 2.22. The first-order valence-corrected chi connectivity index (χ1v) is 7.74. The minimum Gasteiger partial charge on any atom is -0.436 e. The molecule has 3 nitrogen and oxygen atoms in total. The molecule has 3 rings (SSSR count). The summed E-state index contributed by atoms with van der Waals surface area (Å²) in [5.74, 6) is 0.886. The summed E-state index contributed by atoms with van der Waals surface area (Å²) in [6.07, 6.45) is 0. The standard InChI is InChI=1S/C17H13IN2O/c1-10(2)14-8-13(19-3)9-15-16(14)21-17(20-15)11-4-6-12(18)7-5-11/h4-10H,1-2H3. The highest BCUT2D eigenvalue weighted by Crippen LogP contribution is 2.33. The van der Waals surface area contributed by atoms with Crippen LogP contribution in [0.15, 0.2) is 40.8 Å². The molecule has 0 aliphatic rings. The molecule has 0 atom stereocenters. The van der Waals surface area contributed by atoms with E-state index in [-0.39, 0.29) is 5.92 Å². The molecule has 2 aromatic carbocycles. The Kier molecular flexibility index (Phi) is 3.68. The van der Waals surface area contributed by atoms with Gasteiger partial charge in [-0.3, -0.25) is 0 Å². The number of halogens is 1. The minimum absolute atomic E-state index is 0.284. The zero-order valence-corrected chi connectivity index (χ0v) is 13.9. The van der Waals surface area contributed by atoms with E-state index in [1.54, 1.807) is 6.07 Å². The third-order valence-corrected chi connectivity index (χ3v) is 4.06. The zero-order chi connectivity index (χ0) is 15.0. The number of aromatic nitrogens is 1. The number of oxazole rings is 1. The molecule has 0 amide bonds. The minimum atomic E-state index is 0.284. The molecule has 1 heterocycles. The summed E-state index contributed by atoms with van der Waals surface area (Å²) in [5, 5.41) is 0. The van der Waals surface area contributed by atoms with Crippen LogP contribution in [-0.4, -0.2) is 4.98 Å². The van der Waals surface area contributed by atoms with Gasteiger partial charge in [0.05, 0.1) is 12.1 Å². The number of benzene rings is 2. The third-order valence-electron chi connectivity index (χ3n) is 3.35. The topological polar surface area (TPSA) is 30.4 Å². The lowest BCUT2D eigenvalue weighted by molar-refractivity contribution is 0.611. The van der Waals surface area contributed by atoms with Crippen LogP contribution in [0.5, 0.6) is 0 Å². The average molecular weight is 388 g/mol. The maximum Gasteiger partial charge on any atom is 0.227 e. The first-order valence-electron chi connectivity index (χ1n) is 6.66. The number of fused-ring (bicyclic) bond motifs is 1. The Morgan fingerprint density at radius 2 is 1.90 bits per heavy atom. The number of hydrogen-bond acceptors (Lipinski definition) is 2. The fourth-order valence-corrected chi connectivity index (χ4v) is 2.61. The van der Waals surface area contributed by atoms with Gasteiger partial charge in [-0.1, -0.05) is 13.8 Å². The van der Waals surface area contributed by atoms with Gasteiger partial charge in [0, 0.05) is 9.13 Å². The van der Waals surface area contributed by atoms with Crippen molar-refractivity contribution >= 4 is 39.4 Å². The summed E-state index contributed by atoms with van der Waals surface area (Å²) < 4.78 is 7.14. The predicted octanol–water partition coefficient (Wildman–Crippen LogP) is 5.77. The van der Waals surface area contributed by atoms with Crippen LogP contribution in [0.2, 0.25) is 0 Å². The van der Waals surface area contributed by atoms with E-state index in [9.17, 15) is 0 Å². The van der Waals surface area contributed by atoms with Crippen molar-refractivity contribution in [1.82, 2.24) is 4.98 Å². The molecule has 104 valence electrons. The molecule has 4 heteroatoms. The van der Waals surface area contributed by atoms with Crippen LogP contribution in [0, 0.1) is 10.1 Å². The fraction of sp³-hybridized carbons (Fsp3) is 0.176. The molecule has 0 aliphatic carbocycles. The molecule has 0 saturated heterocycles. The molecule has 21 heavy (non-hydrogen) atoms. The Morgan fingerprint density at radius 1 is 1.19 bits per heavy atom. The molecular weight excluding hydrogens is 375 g/mol. The maximum absolute atomic E-state index is 7.22. The molecule has 3 aromatic rings. The first kappa shape index (κ1) is 14.1. The summed E-state index contributed by atoms with van der Waals surface area (Å²) in [4.78, 5) is 8.08. The fourth-order valence-electron chi connectivity index (χ4n) is 2.25. The van der Waals surface area contributed by atoms with Crippen molar-refractivity contribution in [2.24, 2.45) is 0 Å².